The van der Waals surface area contributed by atoms with Crippen LogP contribution in [0.4, 0.5) is 4.79 Å². The maximum Gasteiger partial charge on any atom is 0.342 e. The quantitative estimate of drug-likeness (QED) is 0.810. The van der Waals surface area contributed by atoms with E-state index in [0.717, 1.165) is 25.0 Å². The van der Waals surface area contributed by atoms with Crippen LogP contribution in [0.15, 0.2) is 40.7 Å². The summed E-state index contributed by atoms with van der Waals surface area (Å²) in [6, 6.07) is 1.76. The summed E-state index contributed by atoms with van der Waals surface area (Å²) < 4.78 is 6.83. The van der Waals surface area contributed by atoms with Crippen molar-refractivity contribution in [3.8, 4) is 0 Å². The van der Waals surface area contributed by atoms with Crippen molar-refractivity contribution < 1.29 is 9.53 Å². The van der Waals surface area contributed by atoms with Gasteiger partial charge >= 0.3 is 6.03 Å². The van der Waals surface area contributed by atoms with Gasteiger partial charge in [-0.2, -0.15) is 9.78 Å². The molecule has 0 saturated heterocycles. The summed E-state index contributed by atoms with van der Waals surface area (Å²) in [5.41, 5.74) is 3.69. The number of nitrogens with zero attached hydrogens (tertiary/aromatic N) is 3. The molecule has 1 N–H and O–H groups in total. The van der Waals surface area contributed by atoms with E-state index in [2.05, 4.69) is 28.4 Å². The van der Waals surface area contributed by atoms with Gasteiger partial charge in [0.05, 0.1) is 18.3 Å². The molecule has 3 unspecified atom stereocenters. The van der Waals surface area contributed by atoms with Crippen LogP contribution in [-0.4, -0.2) is 41.3 Å². The molecule has 1 aromatic heterocycles. The molecule has 26 heavy (non-hydrogen) atoms. The van der Waals surface area contributed by atoms with Crippen molar-refractivity contribution in [2.45, 2.75) is 52.0 Å². The number of aliphatic imine (C=N–C) groups is 1. The average molecular weight is 356 g/mol. The van der Waals surface area contributed by atoms with Crippen LogP contribution >= 0.6 is 0 Å². The van der Waals surface area contributed by atoms with Crippen LogP contribution in [0.2, 0.25) is 0 Å². The van der Waals surface area contributed by atoms with E-state index in [1.54, 1.807) is 6.20 Å². The first kappa shape index (κ1) is 18.6. The highest BCUT2D eigenvalue weighted by molar-refractivity contribution is 5.84. The Balaban J connectivity index is 1.69. The molecule has 1 aliphatic carbocycles. The van der Waals surface area contributed by atoms with E-state index in [-0.39, 0.29) is 12.1 Å². The van der Waals surface area contributed by atoms with E-state index in [0.29, 0.717) is 25.0 Å². The first-order valence-electron chi connectivity index (χ1n) is 9.54. The largest absolute Gasteiger partial charge is 0.380 e. The van der Waals surface area contributed by atoms with E-state index in [1.807, 2.05) is 32.3 Å². The minimum Gasteiger partial charge on any atom is -0.380 e. The average Bonchev–Trinajstić information content (AvgIpc) is 3.21. The van der Waals surface area contributed by atoms with Gasteiger partial charge in [0.25, 0.3) is 0 Å². The van der Waals surface area contributed by atoms with Gasteiger partial charge in [-0.3, -0.25) is 4.99 Å². The number of carbonyl (C=O) groups excluding carboxylic acids is 1. The first-order chi connectivity index (χ1) is 12.7. The summed E-state index contributed by atoms with van der Waals surface area (Å²) in [6.07, 6.45) is 10.5. The lowest BCUT2D eigenvalue weighted by Crippen LogP contribution is -2.40. The second-order valence-electron chi connectivity index (χ2n) is 6.74. The molecule has 2 heterocycles. The number of amides is 1. The minimum atomic E-state index is -0.201. The number of hydrogen-bond acceptors (Lipinski definition) is 4. The van der Waals surface area contributed by atoms with E-state index < -0.39 is 0 Å². The van der Waals surface area contributed by atoms with Crippen LogP contribution in [-0.2, 0) is 4.74 Å². The zero-order chi connectivity index (χ0) is 18.5. The van der Waals surface area contributed by atoms with Crippen LogP contribution in [0.5, 0.6) is 0 Å². The molecule has 2 aliphatic rings. The van der Waals surface area contributed by atoms with Crippen molar-refractivity contribution in [2.24, 2.45) is 10.9 Å². The lowest BCUT2D eigenvalue weighted by atomic mass is 10.1. The molecule has 140 valence electrons. The molecule has 0 aromatic carbocycles. The number of aromatic nitrogens is 2. The SMILES string of the molecule is CCOCC(CC)NC(=O)n1ccc(C2C(=C3C=NC=CC3)C2CC)n1. The molecule has 1 saturated carbocycles. The molecule has 3 rings (SSSR count). The van der Waals surface area contributed by atoms with E-state index in [1.165, 1.54) is 15.8 Å². The van der Waals surface area contributed by atoms with Gasteiger partial charge in [0.1, 0.15) is 0 Å². The standard InChI is InChI=1S/C20H28N4O2/c1-4-15(13-26-6-3)22-20(25)24-11-9-17(23-24)19-16(5-2)18(19)14-8-7-10-21-12-14/h7,9-12,15-16,19H,4-6,8,13H2,1-3H3,(H,22,25). The molecule has 3 atom stereocenters. The fourth-order valence-electron chi connectivity index (χ4n) is 3.57. The van der Waals surface area contributed by atoms with Crippen LogP contribution < -0.4 is 5.32 Å². The van der Waals surface area contributed by atoms with E-state index >= 15 is 0 Å². The molecule has 1 aliphatic heterocycles. The summed E-state index contributed by atoms with van der Waals surface area (Å²) >= 11 is 0. The van der Waals surface area contributed by atoms with Gasteiger partial charge < -0.3 is 10.1 Å². The van der Waals surface area contributed by atoms with Gasteiger partial charge in [0.2, 0.25) is 0 Å². The maximum atomic E-state index is 12.5. The van der Waals surface area contributed by atoms with Crippen LogP contribution in [0.1, 0.15) is 51.6 Å². The molecule has 1 aromatic rings. The molecule has 0 radical (unpaired) electrons. The summed E-state index contributed by atoms with van der Waals surface area (Å²) in [4.78, 5) is 16.7. The predicted octanol–water partition coefficient (Wildman–Crippen LogP) is 3.66. The summed E-state index contributed by atoms with van der Waals surface area (Å²) in [6.45, 7) is 7.36. The molecule has 1 amide bonds. The second kappa shape index (κ2) is 8.45. The molecule has 0 spiro atoms. The van der Waals surface area contributed by atoms with E-state index in [9.17, 15) is 4.79 Å². The van der Waals surface area contributed by atoms with Gasteiger partial charge in [-0.15, -0.1) is 0 Å². The summed E-state index contributed by atoms with van der Waals surface area (Å²) in [5.74, 6) is 0.822. The third-order valence-electron chi connectivity index (χ3n) is 5.08. The zero-order valence-corrected chi connectivity index (χ0v) is 15.8. The Kier molecular flexibility index (Phi) is 6.04. The number of allylic oxidation sites excluding steroid dienone is 3. The normalized spacial score (nSPS) is 25.3. The van der Waals surface area contributed by atoms with Gasteiger partial charge in [-0.05, 0) is 43.7 Å². The summed E-state index contributed by atoms with van der Waals surface area (Å²) in [5, 5.41) is 7.53. The highest BCUT2D eigenvalue weighted by atomic mass is 16.5. The Morgan fingerprint density at radius 2 is 2.27 bits per heavy atom. The molecule has 0 bridgehead atoms. The van der Waals surface area contributed by atoms with Crippen molar-refractivity contribution in [3.63, 3.8) is 0 Å². The lowest BCUT2D eigenvalue weighted by molar-refractivity contribution is 0.122. The number of rotatable bonds is 7. The molecular weight excluding hydrogens is 328 g/mol. The first-order valence-corrected chi connectivity index (χ1v) is 9.54. The Morgan fingerprint density at radius 1 is 1.42 bits per heavy atom. The highest BCUT2D eigenvalue weighted by Gasteiger charge is 2.46. The number of nitrogens with one attached hydrogen (secondary N) is 1. The Morgan fingerprint density at radius 3 is 2.92 bits per heavy atom. The van der Waals surface area contributed by atoms with Crippen molar-refractivity contribution >= 4 is 12.2 Å². The Hall–Kier alpha value is -2.21. The minimum absolute atomic E-state index is 0.00216. The Bertz CT molecular complexity index is 732. The number of ether oxygens (including phenoxy) is 1. The predicted molar refractivity (Wildman–Crippen MR) is 103 cm³/mol. The highest BCUT2D eigenvalue weighted by Crippen LogP contribution is 2.56. The monoisotopic (exact) mass is 356 g/mol. The van der Waals surface area contributed by atoms with Crippen molar-refractivity contribution in [1.29, 1.82) is 0 Å². The van der Waals surface area contributed by atoms with Crippen LogP contribution in [0, 0.1) is 5.92 Å². The van der Waals surface area contributed by atoms with Crippen molar-refractivity contribution in [3.05, 3.63) is 41.4 Å². The maximum absolute atomic E-state index is 12.5. The van der Waals surface area contributed by atoms with Gasteiger partial charge in [0.15, 0.2) is 0 Å². The topological polar surface area (TPSA) is 68.5 Å². The van der Waals surface area contributed by atoms with Gasteiger partial charge in [-0.1, -0.05) is 25.5 Å². The van der Waals surface area contributed by atoms with Crippen LogP contribution in [0.25, 0.3) is 0 Å². The molecule has 1 fully saturated rings. The molecular formula is C20H28N4O2. The third-order valence-corrected chi connectivity index (χ3v) is 5.08. The second-order valence-corrected chi connectivity index (χ2v) is 6.74. The number of carbonyl (C=O) groups is 1. The number of hydrogen-bond donors (Lipinski definition) is 1. The fourth-order valence-corrected chi connectivity index (χ4v) is 3.57. The summed E-state index contributed by atoms with van der Waals surface area (Å²) in [7, 11) is 0. The van der Waals surface area contributed by atoms with Gasteiger partial charge in [-0.25, -0.2) is 4.79 Å². The van der Waals surface area contributed by atoms with Crippen LogP contribution in [0.3, 0.4) is 0 Å². The van der Waals surface area contributed by atoms with E-state index in [4.69, 9.17) is 4.74 Å². The third kappa shape index (κ3) is 3.96. The molecule has 6 nitrogen and oxygen atoms in total. The Labute approximate surface area is 155 Å². The molecule has 6 heteroatoms. The van der Waals surface area contributed by atoms with Crippen molar-refractivity contribution in [1.82, 2.24) is 15.1 Å². The van der Waals surface area contributed by atoms with Crippen molar-refractivity contribution in [2.75, 3.05) is 13.2 Å². The fraction of sp³-hybridized carbons (Fsp3) is 0.550. The lowest BCUT2D eigenvalue weighted by Gasteiger charge is -2.16. The van der Waals surface area contributed by atoms with Gasteiger partial charge in [0, 0.05) is 31.1 Å². The zero-order valence-electron chi connectivity index (χ0n) is 15.8. The smallest absolute Gasteiger partial charge is 0.342 e.